The van der Waals surface area contributed by atoms with Gasteiger partial charge >= 0.3 is 12.3 Å². The highest BCUT2D eigenvalue weighted by Gasteiger charge is 2.31. The number of carboxylic acids is 1. The fraction of sp³-hybridized carbons (Fsp3) is 0.133. The van der Waals surface area contributed by atoms with Gasteiger partial charge in [0.1, 0.15) is 11.5 Å². The second-order valence-electron chi connectivity index (χ2n) is 4.80. The van der Waals surface area contributed by atoms with E-state index >= 15 is 0 Å². The van der Waals surface area contributed by atoms with E-state index in [2.05, 4.69) is 20.7 Å². The summed E-state index contributed by atoms with van der Waals surface area (Å²) in [7, 11) is 0. The third-order valence-corrected chi connectivity index (χ3v) is 3.75. The lowest BCUT2D eigenvalue weighted by molar-refractivity contribution is -0.274. The Morgan fingerprint density at radius 1 is 1.21 bits per heavy atom. The summed E-state index contributed by atoms with van der Waals surface area (Å²) in [6.07, 6.45) is -4.80. The number of halogens is 4. The number of benzene rings is 2. The van der Waals surface area contributed by atoms with Crippen molar-refractivity contribution in [2.45, 2.75) is 12.4 Å². The van der Waals surface area contributed by atoms with Crippen LogP contribution < -0.4 is 10.5 Å². The molecule has 4 N–H and O–H groups in total. The molecule has 2 rings (SSSR count). The van der Waals surface area contributed by atoms with Gasteiger partial charge in [0.15, 0.2) is 0 Å². The Hall–Kier alpha value is -2.26. The maximum absolute atomic E-state index is 12.1. The number of carbonyl (C=O) groups is 1. The lowest BCUT2D eigenvalue weighted by Crippen LogP contribution is -2.17. The molecule has 0 fully saturated rings. The Morgan fingerprint density at radius 2 is 1.79 bits per heavy atom. The molecule has 0 saturated carbocycles. The van der Waals surface area contributed by atoms with Crippen molar-refractivity contribution in [3.8, 4) is 11.5 Å². The molecule has 0 heterocycles. The van der Waals surface area contributed by atoms with E-state index < -0.39 is 24.1 Å². The van der Waals surface area contributed by atoms with Crippen LogP contribution in [0.4, 0.5) is 13.2 Å². The van der Waals surface area contributed by atoms with Crippen LogP contribution in [0.1, 0.15) is 27.5 Å². The van der Waals surface area contributed by atoms with Crippen molar-refractivity contribution in [2.24, 2.45) is 5.73 Å². The maximum Gasteiger partial charge on any atom is 0.573 e. The van der Waals surface area contributed by atoms with Gasteiger partial charge in [0.05, 0.1) is 16.1 Å². The predicted molar refractivity (Wildman–Crippen MR) is 81.9 cm³/mol. The lowest BCUT2D eigenvalue weighted by atomic mass is 9.97. The van der Waals surface area contributed by atoms with Gasteiger partial charge in [-0.1, -0.05) is 12.1 Å². The van der Waals surface area contributed by atoms with Crippen LogP contribution in [-0.2, 0) is 0 Å². The van der Waals surface area contributed by atoms with Gasteiger partial charge in [0.25, 0.3) is 0 Å². The normalized spacial score (nSPS) is 12.7. The number of aromatic carboxylic acids is 1. The summed E-state index contributed by atoms with van der Waals surface area (Å²) in [5, 5.41) is 19.1. The van der Waals surface area contributed by atoms with Crippen LogP contribution in [0.3, 0.4) is 0 Å². The molecule has 2 aromatic rings. The summed E-state index contributed by atoms with van der Waals surface area (Å²) in [6.45, 7) is 0. The minimum Gasteiger partial charge on any atom is -0.506 e. The molecule has 0 unspecified atom stereocenters. The molecular formula is C15H11BrF3NO4. The van der Waals surface area contributed by atoms with Gasteiger partial charge < -0.3 is 20.7 Å². The number of aromatic hydroxyl groups is 1. The van der Waals surface area contributed by atoms with Crippen molar-refractivity contribution in [3.05, 3.63) is 57.6 Å². The minimum atomic E-state index is -4.80. The zero-order valence-electron chi connectivity index (χ0n) is 11.8. The SMILES string of the molecule is N[C@H](c1ccc(OC(F)(F)F)cc1)c1cc(C(=O)O)cc(Br)c1O. The van der Waals surface area contributed by atoms with Gasteiger partial charge in [-0.3, -0.25) is 0 Å². The maximum atomic E-state index is 12.1. The van der Waals surface area contributed by atoms with E-state index in [0.29, 0.717) is 5.56 Å². The number of nitrogens with two attached hydrogens (primary N) is 1. The molecular weight excluding hydrogens is 395 g/mol. The molecule has 0 spiro atoms. The molecule has 0 aromatic heterocycles. The van der Waals surface area contributed by atoms with E-state index in [-0.39, 0.29) is 21.3 Å². The molecule has 0 bridgehead atoms. The minimum absolute atomic E-state index is 0.0952. The lowest BCUT2D eigenvalue weighted by Gasteiger charge is -2.17. The average Bonchev–Trinajstić information content (AvgIpc) is 2.48. The molecule has 0 saturated heterocycles. The Balaban J connectivity index is 2.35. The molecule has 5 nitrogen and oxygen atoms in total. The molecule has 0 radical (unpaired) electrons. The van der Waals surface area contributed by atoms with Crippen molar-refractivity contribution < 1.29 is 32.9 Å². The molecule has 0 aliphatic rings. The number of hydrogen-bond donors (Lipinski definition) is 3. The third-order valence-electron chi connectivity index (χ3n) is 3.15. The first-order chi connectivity index (χ1) is 11.1. The van der Waals surface area contributed by atoms with Crippen LogP contribution in [0, 0.1) is 0 Å². The van der Waals surface area contributed by atoms with Gasteiger partial charge in [-0.2, -0.15) is 0 Å². The monoisotopic (exact) mass is 405 g/mol. The largest absolute Gasteiger partial charge is 0.573 e. The number of carboxylic acid groups (broad SMARTS) is 1. The highest BCUT2D eigenvalue weighted by Crippen LogP contribution is 2.35. The van der Waals surface area contributed by atoms with E-state index in [1.54, 1.807) is 0 Å². The van der Waals surface area contributed by atoms with Crippen molar-refractivity contribution in [1.82, 2.24) is 0 Å². The fourth-order valence-corrected chi connectivity index (χ4v) is 2.51. The van der Waals surface area contributed by atoms with E-state index in [1.165, 1.54) is 24.3 Å². The zero-order valence-corrected chi connectivity index (χ0v) is 13.4. The number of ether oxygens (including phenoxy) is 1. The Kier molecular flexibility index (Phi) is 5.05. The van der Waals surface area contributed by atoms with Gasteiger partial charge in [-0.15, -0.1) is 13.2 Å². The van der Waals surface area contributed by atoms with Gasteiger partial charge in [-0.25, -0.2) is 4.79 Å². The van der Waals surface area contributed by atoms with Crippen molar-refractivity contribution >= 4 is 21.9 Å². The molecule has 0 amide bonds. The Bertz CT molecular complexity index is 763. The van der Waals surface area contributed by atoms with Crippen LogP contribution >= 0.6 is 15.9 Å². The highest BCUT2D eigenvalue weighted by atomic mass is 79.9. The van der Waals surface area contributed by atoms with E-state index in [4.69, 9.17) is 10.8 Å². The summed E-state index contributed by atoms with van der Waals surface area (Å²) in [5.41, 5.74) is 6.39. The summed E-state index contributed by atoms with van der Waals surface area (Å²) < 4.78 is 40.3. The molecule has 24 heavy (non-hydrogen) atoms. The highest BCUT2D eigenvalue weighted by molar-refractivity contribution is 9.10. The number of phenols is 1. The molecule has 2 aromatic carbocycles. The van der Waals surface area contributed by atoms with Gasteiger partial charge in [0, 0.05) is 5.56 Å². The average molecular weight is 406 g/mol. The van der Waals surface area contributed by atoms with Crippen LogP contribution in [-0.4, -0.2) is 22.5 Å². The summed E-state index contributed by atoms with van der Waals surface area (Å²) in [6, 6.07) is 6.23. The second kappa shape index (κ2) is 6.70. The van der Waals surface area contributed by atoms with Crippen molar-refractivity contribution in [3.63, 3.8) is 0 Å². The predicted octanol–water partition coefficient (Wildman–Crippen LogP) is 3.80. The van der Waals surface area contributed by atoms with Crippen LogP contribution in [0.25, 0.3) is 0 Å². The van der Waals surface area contributed by atoms with E-state index in [1.807, 2.05) is 0 Å². The topological polar surface area (TPSA) is 92.8 Å². The molecule has 9 heteroatoms. The fourth-order valence-electron chi connectivity index (χ4n) is 2.04. The molecule has 1 atom stereocenters. The smallest absolute Gasteiger partial charge is 0.506 e. The summed E-state index contributed by atoms with van der Waals surface area (Å²) in [4.78, 5) is 11.1. The molecule has 0 aliphatic carbocycles. The Labute approximate surface area is 142 Å². The van der Waals surface area contributed by atoms with Crippen LogP contribution in [0.2, 0.25) is 0 Å². The van der Waals surface area contributed by atoms with Crippen molar-refractivity contribution in [2.75, 3.05) is 0 Å². The van der Waals surface area contributed by atoms with E-state index in [0.717, 1.165) is 12.1 Å². The van der Waals surface area contributed by atoms with Gasteiger partial charge in [0.2, 0.25) is 0 Å². The number of rotatable bonds is 4. The first kappa shape index (κ1) is 18.1. The standard InChI is InChI=1S/C15H11BrF3NO4/c16-11-6-8(14(22)23)5-10(13(11)21)12(20)7-1-3-9(4-2-7)24-15(17,18)19/h1-6,12,21H,20H2,(H,22,23)/t12-/m1/s1. The summed E-state index contributed by atoms with van der Waals surface area (Å²) >= 11 is 3.04. The van der Waals surface area contributed by atoms with E-state index in [9.17, 15) is 23.1 Å². The van der Waals surface area contributed by atoms with Gasteiger partial charge in [-0.05, 0) is 45.8 Å². The second-order valence-corrected chi connectivity index (χ2v) is 5.65. The first-order valence-corrected chi connectivity index (χ1v) is 7.25. The number of hydrogen-bond acceptors (Lipinski definition) is 4. The Morgan fingerprint density at radius 3 is 2.29 bits per heavy atom. The first-order valence-electron chi connectivity index (χ1n) is 6.45. The third kappa shape index (κ3) is 4.18. The van der Waals surface area contributed by atoms with Crippen molar-refractivity contribution in [1.29, 1.82) is 0 Å². The van der Waals surface area contributed by atoms with Crippen LogP contribution in [0.15, 0.2) is 40.9 Å². The number of alkyl halides is 3. The number of phenolic OH excluding ortho intramolecular Hbond substituents is 1. The summed E-state index contributed by atoms with van der Waals surface area (Å²) in [5.74, 6) is -1.87. The van der Waals surface area contributed by atoms with Crippen LogP contribution in [0.5, 0.6) is 11.5 Å². The molecule has 128 valence electrons. The zero-order chi connectivity index (χ0) is 18.1. The quantitative estimate of drug-likeness (QED) is 0.719. The molecule has 0 aliphatic heterocycles.